The molecule has 2 aromatic rings. The average molecular weight is 437 g/mol. The van der Waals surface area contributed by atoms with Crippen molar-refractivity contribution in [1.82, 2.24) is 4.90 Å². The molecule has 1 saturated heterocycles. The first-order valence-electron chi connectivity index (χ1n) is 7.92. The standard InChI is InChI=1S/C19H20INO3/c1-23-17-10-7-14(12-18(17)24-2)16-4-3-11-21(16)19(22)13-5-8-15(20)9-6-13/h5-10,12,16H,3-4,11H2,1-2H3. The second-order valence-electron chi connectivity index (χ2n) is 5.78. The van der Waals surface area contributed by atoms with Crippen molar-refractivity contribution in [2.45, 2.75) is 18.9 Å². The number of methoxy groups -OCH3 is 2. The molecule has 1 fully saturated rings. The minimum absolute atomic E-state index is 0.0802. The van der Waals surface area contributed by atoms with Crippen LogP contribution in [0.1, 0.15) is 34.8 Å². The molecule has 1 unspecified atom stereocenters. The molecule has 5 heteroatoms. The first-order chi connectivity index (χ1) is 11.6. The number of amides is 1. The summed E-state index contributed by atoms with van der Waals surface area (Å²) in [6.45, 7) is 0.782. The molecule has 3 rings (SSSR count). The van der Waals surface area contributed by atoms with Crippen molar-refractivity contribution in [1.29, 1.82) is 0 Å². The lowest BCUT2D eigenvalue weighted by Gasteiger charge is -2.26. The third-order valence-corrected chi connectivity index (χ3v) is 5.12. The molecule has 0 aliphatic carbocycles. The molecule has 1 heterocycles. The predicted octanol–water partition coefficient (Wildman–Crippen LogP) is 4.29. The van der Waals surface area contributed by atoms with Crippen molar-refractivity contribution in [3.05, 3.63) is 57.2 Å². The molecule has 0 spiro atoms. The van der Waals surface area contributed by atoms with Crippen LogP contribution in [0.15, 0.2) is 42.5 Å². The van der Waals surface area contributed by atoms with Gasteiger partial charge in [0.15, 0.2) is 11.5 Å². The summed E-state index contributed by atoms with van der Waals surface area (Å²) in [5, 5.41) is 0. The largest absolute Gasteiger partial charge is 0.493 e. The van der Waals surface area contributed by atoms with Gasteiger partial charge in [-0.2, -0.15) is 0 Å². The van der Waals surface area contributed by atoms with Crippen molar-refractivity contribution < 1.29 is 14.3 Å². The van der Waals surface area contributed by atoms with E-state index in [1.807, 2.05) is 47.4 Å². The topological polar surface area (TPSA) is 38.8 Å². The molecule has 1 amide bonds. The van der Waals surface area contributed by atoms with Crippen molar-refractivity contribution in [2.75, 3.05) is 20.8 Å². The summed E-state index contributed by atoms with van der Waals surface area (Å²) in [7, 11) is 3.25. The minimum Gasteiger partial charge on any atom is -0.493 e. The van der Waals surface area contributed by atoms with Crippen LogP contribution < -0.4 is 9.47 Å². The van der Waals surface area contributed by atoms with E-state index in [1.54, 1.807) is 14.2 Å². The lowest BCUT2D eigenvalue weighted by molar-refractivity contribution is 0.0735. The van der Waals surface area contributed by atoms with E-state index in [2.05, 4.69) is 22.6 Å². The highest BCUT2D eigenvalue weighted by molar-refractivity contribution is 14.1. The first-order valence-corrected chi connectivity index (χ1v) is 9.00. The second kappa shape index (κ2) is 7.42. The summed E-state index contributed by atoms with van der Waals surface area (Å²) in [4.78, 5) is 14.8. The van der Waals surface area contributed by atoms with Gasteiger partial charge in [-0.05, 0) is 77.4 Å². The Bertz CT molecular complexity index is 730. The number of hydrogen-bond acceptors (Lipinski definition) is 3. The summed E-state index contributed by atoms with van der Waals surface area (Å²) in [6.07, 6.45) is 1.97. The minimum atomic E-state index is 0.0802. The monoisotopic (exact) mass is 437 g/mol. The van der Waals surface area contributed by atoms with Crippen LogP contribution in [-0.4, -0.2) is 31.6 Å². The zero-order valence-corrected chi connectivity index (χ0v) is 15.9. The van der Waals surface area contributed by atoms with Crippen LogP contribution in [0.5, 0.6) is 11.5 Å². The van der Waals surface area contributed by atoms with Gasteiger partial charge in [0.25, 0.3) is 5.91 Å². The fourth-order valence-corrected chi connectivity index (χ4v) is 3.53. The Labute approximate surface area is 155 Å². The third-order valence-electron chi connectivity index (χ3n) is 4.40. The van der Waals surface area contributed by atoms with Crippen molar-refractivity contribution in [3.63, 3.8) is 0 Å². The number of ether oxygens (including phenoxy) is 2. The highest BCUT2D eigenvalue weighted by atomic mass is 127. The normalized spacial score (nSPS) is 17.0. The van der Waals surface area contributed by atoms with Gasteiger partial charge in [-0.15, -0.1) is 0 Å². The Morgan fingerprint density at radius 1 is 1.08 bits per heavy atom. The number of carbonyl (C=O) groups is 1. The Morgan fingerprint density at radius 2 is 1.79 bits per heavy atom. The highest BCUT2D eigenvalue weighted by Crippen LogP contribution is 2.37. The molecule has 1 atom stereocenters. The van der Waals surface area contributed by atoms with Crippen molar-refractivity contribution in [2.24, 2.45) is 0 Å². The van der Waals surface area contributed by atoms with Crippen LogP contribution >= 0.6 is 22.6 Å². The van der Waals surface area contributed by atoms with E-state index >= 15 is 0 Å². The number of rotatable bonds is 4. The van der Waals surface area contributed by atoms with E-state index in [9.17, 15) is 4.79 Å². The van der Waals surface area contributed by atoms with Gasteiger partial charge in [0.05, 0.1) is 20.3 Å². The van der Waals surface area contributed by atoms with Gasteiger partial charge in [-0.25, -0.2) is 0 Å². The molecule has 0 N–H and O–H groups in total. The SMILES string of the molecule is COc1ccc(C2CCCN2C(=O)c2ccc(I)cc2)cc1OC. The van der Waals surface area contributed by atoms with Gasteiger partial charge in [0.1, 0.15) is 0 Å². The molecular weight excluding hydrogens is 417 g/mol. The third kappa shape index (κ3) is 3.36. The quantitative estimate of drug-likeness (QED) is 0.671. The molecule has 126 valence electrons. The van der Waals surface area contributed by atoms with Crippen molar-refractivity contribution >= 4 is 28.5 Å². The van der Waals surface area contributed by atoms with E-state index < -0.39 is 0 Å². The first kappa shape index (κ1) is 17.1. The molecule has 2 aromatic carbocycles. The number of nitrogens with zero attached hydrogens (tertiary/aromatic N) is 1. The fourth-order valence-electron chi connectivity index (χ4n) is 3.17. The van der Waals surface area contributed by atoms with E-state index in [0.717, 1.165) is 34.1 Å². The van der Waals surface area contributed by atoms with Crippen LogP contribution in [0.25, 0.3) is 0 Å². The fraction of sp³-hybridized carbons (Fsp3) is 0.316. The van der Waals surface area contributed by atoms with Gasteiger partial charge < -0.3 is 14.4 Å². The summed E-state index contributed by atoms with van der Waals surface area (Å²) in [6, 6.07) is 13.7. The molecule has 4 nitrogen and oxygen atoms in total. The number of hydrogen-bond donors (Lipinski definition) is 0. The number of likely N-dealkylation sites (tertiary alicyclic amines) is 1. The number of carbonyl (C=O) groups excluding carboxylic acids is 1. The summed E-state index contributed by atoms with van der Waals surface area (Å²) in [5.41, 5.74) is 1.83. The maximum Gasteiger partial charge on any atom is 0.254 e. The van der Waals surface area contributed by atoms with E-state index in [4.69, 9.17) is 9.47 Å². The number of benzene rings is 2. The molecule has 1 aliphatic heterocycles. The molecule has 0 bridgehead atoms. The summed E-state index contributed by atoms with van der Waals surface area (Å²) < 4.78 is 11.8. The zero-order valence-electron chi connectivity index (χ0n) is 13.8. The predicted molar refractivity (Wildman–Crippen MR) is 102 cm³/mol. The average Bonchev–Trinajstić information content (AvgIpc) is 3.10. The molecule has 0 aromatic heterocycles. The lowest BCUT2D eigenvalue weighted by atomic mass is 10.0. The molecule has 0 radical (unpaired) electrons. The summed E-state index contributed by atoms with van der Waals surface area (Å²) >= 11 is 2.25. The van der Waals surface area contributed by atoms with E-state index in [-0.39, 0.29) is 11.9 Å². The van der Waals surface area contributed by atoms with Crippen molar-refractivity contribution in [3.8, 4) is 11.5 Å². The van der Waals surface area contributed by atoms with Crippen LogP contribution in [0.3, 0.4) is 0 Å². The maximum absolute atomic E-state index is 12.9. The van der Waals surface area contributed by atoms with Crippen LogP contribution in [-0.2, 0) is 0 Å². The second-order valence-corrected chi connectivity index (χ2v) is 7.02. The molecule has 0 saturated carbocycles. The molecule has 24 heavy (non-hydrogen) atoms. The Hall–Kier alpha value is -1.76. The Morgan fingerprint density at radius 3 is 2.46 bits per heavy atom. The lowest BCUT2D eigenvalue weighted by Crippen LogP contribution is -2.30. The molecular formula is C19H20INO3. The molecule has 1 aliphatic rings. The van der Waals surface area contributed by atoms with Gasteiger partial charge >= 0.3 is 0 Å². The van der Waals surface area contributed by atoms with Gasteiger partial charge in [-0.3, -0.25) is 4.79 Å². The van der Waals surface area contributed by atoms with Crippen LogP contribution in [0.4, 0.5) is 0 Å². The van der Waals surface area contributed by atoms with Gasteiger partial charge in [-0.1, -0.05) is 6.07 Å². The Balaban J connectivity index is 1.87. The van der Waals surface area contributed by atoms with E-state index in [0.29, 0.717) is 11.5 Å². The highest BCUT2D eigenvalue weighted by Gasteiger charge is 2.31. The number of halogens is 1. The Kier molecular flexibility index (Phi) is 5.28. The van der Waals surface area contributed by atoms with Crippen LogP contribution in [0.2, 0.25) is 0 Å². The maximum atomic E-state index is 12.9. The zero-order chi connectivity index (χ0) is 17.1. The van der Waals surface area contributed by atoms with Gasteiger partial charge in [0.2, 0.25) is 0 Å². The van der Waals surface area contributed by atoms with Gasteiger partial charge in [0, 0.05) is 15.7 Å². The van der Waals surface area contributed by atoms with E-state index in [1.165, 1.54) is 0 Å². The summed E-state index contributed by atoms with van der Waals surface area (Å²) in [5.74, 6) is 1.49. The van der Waals surface area contributed by atoms with Crippen LogP contribution in [0, 0.1) is 3.57 Å². The smallest absolute Gasteiger partial charge is 0.254 e.